The average Bonchev–Trinajstić information content (AvgIpc) is 3.16. The molecular formula is C20H33N3O3S. The Bertz CT molecular complexity index is 653. The highest BCUT2D eigenvalue weighted by Gasteiger charge is 2.38. The molecule has 1 aromatic rings. The smallest absolute Gasteiger partial charge is 0.278 e. The minimum Gasteiger partial charge on any atom is -0.473 e. The van der Waals surface area contributed by atoms with E-state index in [-0.39, 0.29) is 11.6 Å². The number of rotatable bonds is 9. The summed E-state index contributed by atoms with van der Waals surface area (Å²) < 4.78 is 11.6. The molecule has 1 aromatic heterocycles. The van der Waals surface area contributed by atoms with E-state index in [9.17, 15) is 4.79 Å². The van der Waals surface area contributed by atoms with Crippen molar-refractivity contribution in [2.45, 2.75) is 72.6 Å². The minimum atomic E-state index is -0.354. The number of unbranched alkanes of at least 4 members (excludes halogenated alkanes) is 1. The van der Waals surface area contributed by atoms with Crippen molar-refractivity contribution >= 4 is 17.2 Å². The van der Waals surface area contributed by atoms with Crippen molar-refractivity contribution in [2.24, 2.45) is 5.92 Å². The normalized spacial score (nSPS) is 18.3. The Labute approximate surface area is 166 Å². The van der Waals surface area contributed by atoms with Crippen LogP contribution in [-0.4, -0.2) is 40.6 Å². The molecule has 6 nitrogen and oxygen atoms in total. The molecule has 0 saturated carbocycles. The number of nitrogens with zero attached hydrogens (tertiary/aromatic N) is 2. The van der Waals surface area contributed by atoms with Gasteiger partial charge < -0.3 is 14.8 Å². The number of aromatic nitrogens is 1. The maximum atomic E-state index is 12.2. The lowest BCUT2D eigenvalue weighted by molar-refractivity contribution is -0.0475. The summed E-state index contributed by atoms with van der Waals surface area (Å²) in [6.07, 6.45) is 6.47. The van der Waals surface area contributed by atoms with Crippen LogP contribution < -0.4 is 10.1 Å². The van der Waals surface area contributed by atoms with Crippen molar-refractivity contribution in [1.29, 1.82) is 0 Å². The second-order valence-corrected chi connectivity index (χ2v) is 9.10. The van der Waals surface area contributed by atoms with E-state index in [1.807, 2.05) is 13.8 Å². The maximum absolute atomic E-state index is 12.2. The summed E-state index contributed by atoms with van der Waals surface area (Å²) >= 11 is 1.24. The van der Waals surface area contributed by atoms with E-state index in [1.54, 1.807) is 12.5 Å². The van der Waals surface area contributed by atoms with Crippen LogP contribution >= 0.6 is 11.3 Å². The van der Waals surface area contributed by atoms with Crippen LogP contribution in [0.2, 0.25) is 0 Å². The first-order valence-corrected chi connectivity index (χ1v) is 10.6. The third kappa shape index (κ3) is 6.50. The van der Waals surface area contributed by atoms with E-state index in [2.05, 4.69) is 42.9 Å². The van der Waals surface area contributed by atoms with Crippen LogP contribution in [0.5, 0.6) is 5.19 Å². The van der Waals surface area contributed by atoms with Crippen LogP contribution in [0.25, 0.3) is 0 Å². The predicted octanol–water partition coefficient (Wildman–Crippen LogP) is 4.40. The standard InChI is InChI=1S/C20H33N3O3S/c1-14(2)9-7-8-10-21-18(24)17-11-22-19(27-17)25-13-16-12-23(15(3)4)20(5,6)26-16/h11,13-15H,7-10,12H2,1-6H3,(H,21,24). The van der Waals surface area contributed by atoms with Gasteiger partial charge in [0, 0.05) is 12.6 Å². The molecule has 152 valence electrons. The van der Waals surface area contributed by atoms with E-state index in [0.717, 1.165) is 18.6 Å². The quantitative estimate of drug-likeness (QED) is 0.496. The van der Waals surface area contributed by atoms with Gasteiger partial charge in [0.15, 0.2) is 5.72 Å². The van der Waals surface area contributed by atoms with Gasteiger partial charge >= 0.3 is 0 Å². The molecule has 0 aromatic carbocycles. The van der Waals surface area contributed by atoms with E-state index in [4.69, 9.17) is 9.47 Å². The fraction of sp³-hybridized carbons (Fsp3) is 0.700. The van der Waals surface area contributed by atoms with Gasteiger partial charge in [-0.05, 0) is 40.0 Å². The molecule has 1 amide bonds. The van der Waals surface area contributed by atoms with Gasteiger partial charge in [-0.25, -0.2) is 4.98 Å². The highest BCUT2D eigenvalue weighted by Crippen LogP contribution is 2.31. The van der Waals surface area contributed by atoms with Crippen LogP contribution in [0, 0.1) is 5.92 Å². The third-order valence-electron chi connectivity index (χ3n) is 4.52. The highest BCUT2D eigenvalue weighted by atomic mass is 32.1. The topological polar surface area (TPSA) is 63.7 Å². The molecule has 1 fully saturated rings. The summed E-state index contributed by atoms with van der Waals surface area (Å²) in [5.74, 6) is 1.38. The van der Waals surface area contributed by atoms with Crippen molar-refractivity contribution in [1.82, 2.24) is 15.2 Å². The first kappa shape index (κ1) is 21.7. The SMILES string of the molecule is CC(C)CCCCNC(=O)c1cnc(OC=C2CN(C(C)C)C(C)(C)O2)s1. The lowest BCUT2D eigenvalue weighted by atomic mass is 10.1. The molecule has 0 unspecified atom stereocenters. The molecule has 1 aliphatic heterocycles. The number of carbonyl (C=O) groups is 1. The Kier molecular flexibility index (Phi) is 7.68. The summed E-state index contributed by atoms with van der Waals surface area (Å²) in [6, 6.07) is 0.376. The number of carbonyl (C=O) groups excluding carboxylic acids is 1. The third-order valence-corrected chi connectivity index (χ3v) is 5.40. The summed E-state index contributed by atoms with van der Waals surface area (Å²) in [4.78, 5) is 19.2. The molecule has 2 rings (SSSR count). The Hall–Kier alpha value is -1.60. The maximum Gasteiger partial charge on any atom is 0.278 e. The molecule has 27 heavy (non-hydrogen) atoms. The lowest BCUT2D eigenvalue weighted by Gasteiger charge is -2.32. The second-order valence-electron chi connectivity index (χ2n) is 8.11. The molecular weight excluding hydrogens is 362 g/mol. The Balaban J connectivity index is 1.81. The number of amides is 1. The summed E-state index contributed by atoms with van der Waals surface area (Å²) in [5, 5.41) is 3.38. The zero-order valence-electron chi connectivity index (χ0n) is 17.4. The molecule has 1 N–H and O–H groups in total. The average molecular weight is 396 g/mol. The largest absolute Gasteiger partial charge is 0.473 e. The molecule has 1 aliphatic rings. The summed E-state index contributed by atoms with van der Waals surface area (Å²) in [5.41, 5.74) is -0.354. The summed E-state index contributed by atoms with van der Waals surface area (Å²) in [6.45, 7) is 14.2. The molecule has 0 spiro atoms. The van der Waals surface area contributed by atoms with Gasteiger partial charge in [-0.2, -0.15) is 0 Å². The van der Waals surface area contributed by atoms with Gasteiger partial charge in [0.1, 0.15) is 16.9 Å². The molecule has 0 atom stereocenters. The summed E-state index contributed by atoms with van der Waals surface area (Å²) in [7, 11) is 0. The van der Waals surface area contributed by atoms with Crippen molar-refractivity contribution in [3.05, 3.63) is 23.1 Å². The number of ether oxygens (including phenoxy) is 2. The fourth-order valence-corrected chi connectivity index (χ4v) is 3.80. The van der Waals surface area contributed by atoms with Gasteiger partial charge in [-0.15, -0.1) is 0 Å². The van der Waals surface area contributed by atoms with Gasteiger partial charge in [-0.3, -0.25) is 9.69 Å². The first-order valence-electron chi connectivity index (χ1n) is 9.74. The molecule has 0 aliphatic carbocycles. The molecule has 7 heteroatoms. The number of nitrogens with one attached hydrogen (secondary N) is 1. The molecule has 2 heterocycles. The lowest BCUT2D eigenvalue weighted by Crippen LogP contribution is -2.43. The Morgan fingerprint density at radius 1 is 1.41 bits per heavy atom. The number of thiazole rings is 1. The van der Waals surface area contributed by atoms with Crippen LogP contribution in [-0.2, 0) is 4.74 Å². The first-order chi connectivity index (χ1) is 12.7. The van der Waals surface area contributed by atoms with Crippen molar-refractivity contribution in [3.63, 3.8) is 0 Å². The zero-order chi connectivity index (χ0) is 20.0. The molecule has 0 bridgehead atoms. The van der Waals surface area contributed by atoms with Crippen LogP contribution in [0.15, 0.2) is 18.2 Å². The number of hydrogen-bond acceptors (Lipinski definition) is 6. The van der Waals surface area contributed by atoms with Crippen LogP contribution in [0.3, 0.4) is 0 Å². The van der Waals surface area contributed by atoms with Crippen LogP contribution in [0.4, 0.5) is 0 Å². The Morgan fingerprint density at radius 2 is 2.15 bits per heavy atom. The zero-order valence-corrected chi connectivity index (χ0v) is 18.2. The van der Waals surface area contributed by atoms with Gasteiger partial charge in [0.05, 0.1) is 12.7 Å². The van der Waals surface area contributed by atoms with Gasteiger partial charge in [0.25, 0.3) is 11.1 Å². The molecule has 1 saturated heterocycles. The van der Waals surface area contributed by atoms with E-state index < -0.39 is 0 Å². The monoisotopic (exact) mass is 395 g/mol. The van der Waals surface area contributed by atoms with Crippen molar-refractivity contribution in [3.8, 4) is 5.19 Å². The number of hydrogen-bond donors (Lipinski definition) is 1. The van der Waals surface area contributed by atoms with Crippen LogP contribution in [0.1, 0.15) is 70.5 Å². The highest BCUT2D eigenvalue weighted by molar-refractivity contribution is 7.15. The van der Waals surface area contributed by atoms with E-state index >= 15 is 0 Å². The van der Waals surface area contributed by atoms with Crippen molar-refractivity contribution < 1.29 is 14.3 Å². The van der Waals surface area contributed by atoms with Gasteiger partial charge in [0.2, 0.25) is 0 Å². The van der Waals surface area contributed by atoms with E-state index in [1.165, 1.54) is 17.8 Å². The van der Waals surface area contributed by atoms with Gasteiger partial charge in [-0.1, -0.05) is 38.0 Å². The Morgan fingerprint density at radius 3 is 2.78 bits per heavy atom. The second kappa shape index (κ2) is 9.55. The molecule has 0 radical (unpaired) electrons. The predicted molar refractivity (Wildman–Crippen MR) is 109 cm³/mol. The van der Waals surface area contributed by atoms with E-state index in [0.29, 0.717) is 35.1 Å². The fourth-order valence-electron chi connectivity index (χ4n) is 3.14. The van der Waals surface area contributed by atoms with Crippen molar-refractivity contribution in [2.75, 3.05) is 13.1 Å². The minimum absolute atomic E-state index is 0.0937.